The van der Waals surface area contributed by atoms with Crippen LogP contribution in [-0.2, 0) is 9.68 Å². The van der Waals surface area contributed by atoms with Crippen LogP contribution in [0, 0.1) is 0 Å². The Morgan fingerprint density at radius 2 is 2.15 bits per heavy atom. The number of thiophene rings is 1. The predicted molar refractivity (Wildman–Crippen MR) is 72.3 cm³/mol. The molecule has 1 aromatic rings. The van der Waals surface area contributed by atoms with Crippen molar-refractivity contribution >= 4 is 28.2 Å². The van der Waals surface area contributed by atoms with Gasteiger partial charge in [-0.3, -0.25) is 14.4 Å². The van der Waals surface area contributed by atoms with Crippen molar-refractivity contribution < 1.29 is 19.3 Å². The molecule has 0 radical (unpaired) electrons. The van der Waals surface area contributed by atoms with Gasteiger partial charge in [0.2, 0.25) is 0 Å². The molecule has 1 atom stereocenters. The van der Waals surface area contributed by atoms with Crippen molar-refractivity contribution in [2.45, 2.75) is 19.1 Å². The van der Waals surface area contributed by atoms with Crippen LogP contribution >= 0.6 is 11.3 Å². The van der Waals surface area contributed by atoms with Crippen molar-refractivity contribution in [3.05, 3.63) is 16.5 Å². The lowest BCUT2D eigenvalue weighted by atomic mass is 10.1. The van der Waals surface area contributed by atoms with Crippen molar-refractivity contribution in [3.8, 4) is 0 Å². The molecule has 0 bridgehead atoms. The van der Waals surface area contributed by atoms with E-state index in [0.717, 1.165) is 5.00 Å². The summed E-state index contributed by atoms with van der Waals surface area (Å²) in [5, 5.41) is 2.51. The van der Waals surface area contributed by atoms with Gasteiger partial charge in [-0.2, -0.15) is 0 Å². The lowest BCUT2D eigenvalue weighted by Gasteiger charge is -2.38. The molecule has 0 aromatic carbocycles. The summed E-state index contributed by atoms with van der Waals surface area (Å²) in [6.45, 7) is 2.06. The molecule has 20 heavy (non-hydrogen) atoms. The van der Waals surface area contributed by atoms with Crippen LogP contribution in [0.2, 0.25) is 0 Å². The molecular formula is C12H15N3O4S. The van der Waals surface area contributed by atoms with Gasteiger partial charge in [0, 0.05) is 25.9 Å². The number of hydrogen-bond donors (Lipinski definition) is 1. The fraction of sp³-hybridized carbons (Fsp3) is 0.500. The third-order valence-corrected chi connectivity index (χ3v) is 4.64. The van der Waals surface area contributed by atoms with E-state index >= 15 is 0 Å². The Kier molecular flexibility index (Phi) is 3.05. The predicted octanol–water partition coefficient (Wildman–Crippen LogP) is 0.983. The fourth-order valence-corrected chi connectivity index (χ4v) is 3.38. The number of hydrogen-bond acceptors (Lipinski definition) is 7. The summed E-state index contributed by atoms with van der Waals surface area (Å²) >= 11 is 1.39. The lowest BCUT2D eigenvalue weighted by molar-refractivity contribution is -0.302. The van der Waals surface area contributed by atoms with Crippen LogP contribution in [0.15, 0.2) is 5.38 Å². The van der Waals surface area contributed by atoms with Crippen LogP contribution in [0.25, 0.3) is 0 Å². The first-order valence-corrected chi connectivity index (χ1v) is 7.06. The first-order valence-electron chi connectivity index (χ1n) is 6.18. The molecule has 1 saturated heterocycles. The smallest absolute Gasteiger partial charge is 0.266 e. The van der Waals surface area contributed by atoms with E-state index < -0.39 is 5.72 Å². The summed E-state index contributed by atoms with van der Waals surface area (Å²) in [5.74, 6) is -0.637. The van der Waals surface area contributed by atoms with Gasteiger partial charge in [-0.05, 0) is 6.92 Å². The van der Waals surface area contributed by atoms with E-state index in [2.05, 4.69) is 5.64 Å². The van der Waals surface area contributed by atoms with E-state index in [4.69, 9.17) is 9.68 Å². The van der Waals surface area contributed by atoms with E-state index in [-0.39, 0.29) is 11.8 Å². The second-order valence-corrected chi connectivity index (χ2v) is 5.99. The largest absolute Gasteiger partial charge is 0.369 e. The molecule has 0 aliphatic carbocycles. The summed E-state index contributed by atoms with van der Waals surface area (Å²) in [4.78, 5) is 38.3. The number of anilines is 1. The van der Waals surface area contributed by atoms with Gasteiger partial charge in [-0.1, -0.05) is 5.64 Å². The van der Waals surface area contributed by atoms with Crippen LogP contribution in [0.3, 0.4) is 0 Å². The molecule has 0 saturated carbocycles. The van der Waals surface area contributed by atoms with Crippen LogP contribution in [-0.4, -0.2) is 43.1 Å². The Morgan fingerprint density at radius 3 is 2.75 bits per heavy atom. The third-order valence-electron chi connectivity index (χ3n) is 3.49. The molecule has 0 spiro atoms. The van der Waals surface area contributed by atoms with Crippen LogP contribution in [0.4, 0.5) is 5.00 Å². The molecule has 1 unspecified atom stereocenters. The molecule has 8 heteroatoms. The molecule has 108 valence electrons. The summed E-state index contributed by atoms with van der Waals surface area (Å²) in [5.41, 5.74) is 2.16. The zero-order chi connectivity index (χ0) is 14.5. The highest BCUT2D eigenvalue weighted by Gasteiger charge is 2.50. The van der Waals surface area contributed by atoms with Crippen molar-refractivity contribution in [3.63, 3.8) is 0 Å². The molecule has 3 rings (SSSR count). The fourth-order valence-electron chi connectivity index (χ4n) is 2.40. The zero-order valence-corrected chi connectivity index (χ0v) is 12.2. The molecule has 1 fully saturated rings. The summed E-state index contributed by atoms with van der Waals surface area (Å²) in [7, 11) is 3.70. The van der Waals surface area contributed by atoms with Gasteiger partial charge < -0.3 is 4.90 Å². The van der Waals surface area contributed by atoms with Gasteiger partial charge >= 0.3 is 0 Å². The minimum absolute atomic E-state index is 0.318. The Bertz CT molecular complexity index is 577. The Morgan fingerprint density at radius 1 is 1.40 bits per heavy atom. The number of nitrogens with one attached hydrogen (secondary N) is 1. The Balaban J connectivity index is 2.01. The molecule has 2 amide bonds. The van der Waals surface area contributed by atoms with Crippen molar-refractivity contribution in [2.75, 3.05) is 25.6 Å². The topological polar surface area (TPSA) is 71.1 Å². The van der Waals surface area contributed by atoms with Gasteiger partial charge in [0.05, 0.1) is 17.7 Å². The van der Waals surface area contributed by atoms with Gasteiger partial charge in [-0.15, -0.1) is 11.3 Å². The quantitative estimate of drug-likeness (QED) is 0.821. The highest BCUT2D eigenvalue weighted by Crippen LogP contribution is 2.40. The number of imide groups is 1. The summed E-state index contributed by atoms with van der Waals surface area (Å²) < 4.78 is 0. The monoisotopic (exact) mass is 297 g/mol. The highest BCUT2D eigenvalue weighted by atomic mass is 32.1. The first kappa shape index (κ1) is 13.5. The Hall–Kier alpha value is -1.48. The minimum atomic E-state index is -1.04. The van der Waals surface area contributed by atoms with Crippen molar-refractivity contribution in [1.82, 2.24) is 10.5 Å². The number of nitrogens with zero attached hydrogens (tertiary/aromatic N) is 2. The normalized spacial score (nSPS) is 26.1. The van der Waals surface area contributed by atoms with Crippen LogP contribution in [0.5, 0.6) is 0 Å². The van der Waals surface area contributed by atoms with Crippen molar-refractivity contribution in [1.29, 1.82) is 0 Å². The van der Waals surface area contributed by atoms with E-state index in [1.54, 1.807) is 12.3 Å². The van der Waals surface area contributed by atoms with E-state index in [0.29, 0.717) is 24.2 Å². The first-order chi connectivity index (χ1) is 9.46. The maximum absolute atomic E-state index is 12.6. The molecular weight excluding hydrogens is 282 g/mol. The number of carbonyl (C=O) groups excluding carboxylic acids is 2. The molecule has 2 aliphatic heterocycles. The van der Waals surface area contributed by atoms with E-state index in [1.165, 1.54) is 16.2 Å². The number of carbonyl (C=O) groups is 2. The SMILES string of the molecule is CN(C)c1scc2c1C(=O)N(C1(C)CCONO1)C2=O. The molecule has 2 aliphatic rings. The number of rotatable bonds is 2. The van der Waals surface area contributed by atoms with Gasteiger partial charge in [0.15, 0.2) is 5.72 Å². The molecule has 1 N–H and O–H groups in total. The zero-order valence-electron chi connectivity index (χ0n) is 11.4. The number of fused-ring (bicyclic) bond motifs is 1. The second-order valence-electron chi connectivity index (χ2n) is 5.13. The minimum Gasteiger partial charge on any atom is -0.369 e. The van der Waals surface area contributed by atoms with Crippen LogP contribution < -0.4 is 10.5 Å². The molecule has 3 heterocycles. The van der Waals surface area contributed by atoms with Gasteiger partial charge in [0.1, 0.15) is 5.00 Å². The van der Waals surface area contributed by atoms with E-state index in [9.17, 15) is 9.59 Å². The maximum Gasteiger partial charge on any atom is 0.266 e. The number of amides is 2. The maximum atomic E-state index is 12.6. The Labute approximate surface area is 120 Å². The van der Waals surface area contributed by atoms with Gasteiger partial charge in [-0.25, -0.2) is 9.74 Å². The van der Waals surface area contributed by atoms with E-state index in [1.807, 2.05) is 19.0 Å². The lowest BCUT2D eigenvalue weighted by Crippen LogP contribution is -2.57. The standard InChI is InChI=1S/C12H15N3O4S/c1-12(4-5-18-13-19-12)15-9(16)7-6-20-11(14(2)3)8(7)10(15)17/h6,13H,4-5H2,1-3H3. The third kappa shape index (κ3) is 1.76. The van der Waals surface area contributed by atoms with Crippen LogP contribution in [0.1, 0.15) is 34.1 Å². The summed E-state index contributed by atoms with van der Waals surface area (Å²) in [6.07, 6.45) is 0.419. The highest BCUT2D eigenvalue weighted by molar-refractivity contribution is 7.15. The van der Waals surface area contributed by atoms with Crippen molar-refractivity contribution in [2.24, 2.45) is 0 Å². The molecule has 7 nitrogen and oxygen atoms in total. The molecule has 1 aromatic heterocycles. The summed E-state index contributed by atoms with van der Waals surface area (Å²) in [6, 6.07) is 0. The second kappa shape index (κ2) is 4.52. The average molecular weight is 297 g/mol. The average Bonchev–Trinajstić information content (AvgIpc) is 2.92. The van der Waals surface area contributed by atoms with Gasteiger partial charge in [0.25, 0.3) is 11.8 Å².